The van der Waals surface area contributed by atoms with Crippen molar-refractivity contribution in [3.8, 4) is 0 Å². The van der Waals surface area contributed by atoms with Crippen LogP contribution in [0.2, 0.25) is 0 Å². The molecule has 34 heavy (non-hydrogen) atoms. The van der Waals surface area contributed by atoms with Crippen LogP contribution in [0.3, 0.4) is 0 Å². The van der Waals surface area contributed by atoms with E-state index < -0.39 is 0 Å². The van der Waals surface area contributed by atoms with E-state index in [9.17, 15) is 4.79 Å². The maximum absolute atomic E-state index is 13.4. The maximum Gasteiger partial charge on any atom is 0.242 e. The van der Waals surface area contributed by atoms with Crippen molar-refractivity contribution >= 4 is 16.9 Å². The van der Waals surface area contributed by atoms with E-state index in [4.69, 9.17) is 4.98 Å². The van der Waals surface area contributed by atoms with E-state index in [0.717, 1.165) is 33.5 Å². The molecule has 5 rings (SSSR count). The van der Waals surface area contributed by atoms with Crippen LogP contribution < -0.4 is 0 Å². The molecule has 4 heteroatoms. The van der Waals surface area contributed by atoms with Crippen molar-refractivity contribution in [1.29, 1.82) is 0 Å². The predicted octanol–water partition coefficient (Wildman–Crippen LogP) is 5.88. The number of rotatable bonds is 7. The minimum Gasteiger partial charge on any atom is -0.340 e. The molecule has 0 aliphatic rings. The second-order valence-electron chi connectivity index (χ2n) is 8.53. The lowest BCUT2D eigenvalue weighted by Crippen LogP contribution is -2.30. The number of hydrogen-bond donors (Lipinski definition) is 0. The third-order valence-corrected chi connectivity index (χ3v) is 6.19. The molecule has 0 N–H and O–H groups in total. The highest BCUT2D eigenvalue weighted by atomic mass is 16.2. The van der Waals surface area contributed by atoms with Crippen LogP contribution in [0.15, 0.2) is 115 Å². The van der Waals surface area contributed by atoms with Gasteiger partial charge in [-0.3, -0.25) is 4.79 Å². The first kappa shape index (κ1) is 21.7. The van der Waals surface area contributed by atoms with Gasteiger partial charge in [0.1, 0.15) is 12.4 Å². The zero-order valence-electron chi connectivity index (χ0n) is 19.2. The van der Waals surface area contributed by atoms with Gasteiger partial charge in [-0.1, -0.05) is 103 Å². The Bertz CT molecular complexity index is 1340. The first-order chi connectivity index (χ1) is 16.7. The molecule has 1 heterocycles. The van der Waals surface area contributed by atoms with Crippen molar-refractivity contribution in [2.45, 2.75) is 19.0 Å². The third kappa shape index (κ3) is 4.48. The number of carbonyl (C=O) groups excluding carboxylic acids is 1. The molecule has 0 unspecified atom stereocenters. The van der Waals surface area contributed by atoms with Gasteiger partial charge in [-0.15, -0.1) is 0 Å². The topological polar surface area (TPSA) is 38.1 Å². The number of para-hydroxylation sites is 2. The summed E-state index contributed by atoms with van der Waals surface area (Å²) >= 11 is 0. The predicted molar refractivity (Wildman–Crippen MR) is 136 cm³/mol. The molecule has 0 fully saturated rings. The molecule has 0 atom stereocenters. The fourth-order valence-corrected chi connectivity index (χ4v) is 4.46. The highest BCUT2D eigenvalue weighted by Crippen LogP contribution is 2.33. The van der Waals surface area contributed by atoms with E-state index in [1.165, 1.54) is 0 Å². The van der Waals surface area contributed by atoms with E-state index in [1.54, 1.807) is 4.90 Å². The van der Waals surface area contributed by atoms with Gasteiger partial charge in [0.25, 0.3) is 0 Å². The normalized spacial score (nSPS) is 11.1. The number of imidazole rings is 1. The summed E-state index contributed by atoms with van der Waals surface area (Å²) < 4.78 is 2.09. The van der Waals surface area contributed by atoms with Gasteiger partial charge in [-0.05, 0) is 28.8 Å². The zero-order chi connectivity index (χ0) is 23.3. The summed E-state index contributed by atoms with van der Waals surface area (Å²) in [6.45, 7) is 0.803. The van der Waals surface area contributed by atoms with Crippen LogP contribution in [0.1, 0.15) is 28.4 Å². The first-order valence-corrected chi connectivity index (χ1v) is 11.5. The van der Waals surface area contributed by atoms with Crippen LogP contribution in [0, 0.1) is 0 Å². The molecule has 0 saturated heterocycles. The summed E-state index contributed by atoms with van der Waals surface area (Å²) in [5, 5.41) is 0. The summed E-state index contributed by atoms with van der Waals surface area (Å²) in [6, 6.07) is 38.9. The number of benzene rings is 4. The molecule has 4 nitrogen and oxygen atoms in total. The Balaban J connectivity index is 1.57. The fraction of sp³-hybridized carbons (Fsp3) is 0.133. The molecule has 0 bridgehead atoms. The zero-order valence-corrected chi connectivity index (χ0v) is 19.2. The SMILES string of the molecule is CN(Cc1ccccc1)C(=O)Cn1c(C(c2ccccc2)c2ccccc2)nc2ccccc21. The number of carbonyl (C=O) groups is 1. The van der Waals surface area contributed by atoms with E-state index >= 15 is 0 Å². The van der Waals surface area contributed by atoms with Gasteiger partial charge in [-0.25, -0.2) is 4.98 Å². The van der Waals surface area contributed by atoms with Crippen LogP contribution in [0.25, 0.3) is 11.0 Å². The number of likely N-dealkylation sites (N-methyl/N-ethyl adjacent to an activating group) is 1. The molecular formula is C30H27N3O. The average Bonchev–Trinajstić information content (AvgIpc) is 3.24. The van der Waals surface area contributed by atoms with Crippen molar-refractivity contribution in [1.82, 2.24) is 14.5 Å². The largest absolute Gasteiger partial charge is 0.340 e. The standard InChI is InChI=1S/C30H27N3O/c1-32(21-23-13-5-2-6-14-23)28(34)22-33-27-20-12-11-19-26(27)31-30(33)29(24-15-7-3-8-16-24)25-17-9-4-10-18-25/h2-20,29H,21-22H2,1H3. The maximum atomic E-state index is 13.4. The first-order valence-electron chi connectivity index (χ1n) is 11.5. The highest BCUT2D eigenvalue weighted by molar-refractivity contribution is 5.81. The van der Waals surface area contributed by atoms with Gasteiger partial charge in [0.2, 0.25) is 5.91 Å². The average molecular weight is 446 g/mol. The molecule has 0 aliphatic heterocycles. The van der Waals surface area contributed by atoms with E-state index in [1.807, 2.05) is 73.8 Å². The highest BCUT2D eigenvalue weighted by Gasteiger charge is 2.25. The second-order valence-corrected chi connectivity index (χ2v) is 8.53. The van der Waals surface area contributed by atoms with E-state index in [-0.39, 0.29) is 18.4 Å². The summed E-state index contributed by atoms with van der Waals surface area (Å²) in [4.78, 5) is 20.2. The molecule has 168 valence electrons. The van der Waals surface area contributed by atoms with Crippen LogP contribution in [0.5, 0.6) is 0 Å². The van der Waals surface area contributed by atoms with Gasteiger partial charge in [0, 0.05) is 13.6 Å². The Hall–Kier alpha value is -4.18. The van der Waals surface area contributed by atoms with Crippen LogP contribution >= 0.6 is 0 Å². The molecular weight excluding hydrogens is 418 g/mol. The van der Waals surface area contributed by atoms with Crippen molar-refractivity contribution < 1.29 is 4.79 Å². The lowest BCUT2D eigenvalue weighted by atomic mass is 9.90. The third-order valence-electron chi connectivity index (χ3n) is 6.19. The monoisotopic (exact) mass is 445 g/mol. The van der Waals surface area contributed by atoms with Gasteiger partial charge in [0.05, 0.1) is 17.0 Å². The van der Waals surface area contributed by atoms with Crippen molar-refractivity contribution in [3.63, 3.8) is 0 Å². The lowest BCUT2D eigenvalue weighted by Gasteiger charge is -2.22. The minimum atomic E-state index is -0.0815. The Morgan fingerprint density at radius 1 is 0.765 bits per heavy atom. The molecule has 0 saturated carbocycles. The van der Waals surface area contributed by atoms with Crippen molar-refractivity contribution in [3.05, 3.63) is 138 Å². The van der Waals surface area contributed by atoms with Crippen molar-refractivity contribution in [2.24, 2.45) is 0 Å². The molecule has 1 amide bonds. The Morgan fingerprint density at radius 3 is 1.91 bits per heavy atom. The molecule has 4 aromatic carbocycles. The number of aromatic nitrogens is 2. The van der Waals surface area contributed by atoms with Crippen molar-refractivity contribution in [2.75, 3.05) is 7.05 Å². The summed E-state index contributed by atoms with van der Waals surface area (Å²) in [5.74, 6) is 0.843. The number of hydrogen-bond acceptors (Lipinski definition) is 2. The fourth-order valence-electron chi connectivity index (χ4n) is 4.46. The van der Waals surface area contributed by atoms with Crippen LogP contribution in [0.4, 0.5) is 0 Å². The summed E-state index contributed by atoms with van der Waals surface area (Å²) in [6.07, 6.45) is 0. The number of amides is 1. The van der Waals surface area contributed by atoms with Crippen LogP contribution in [-0.2, 0) is 17.9 Å². The van der Waals surface area contributed by atoms with E-state index in [0.29, 0.717) is 6.54 Å². The number of nitrogens with zero attached hydrogens (tertiary/aromatic N) is 3. The smallest absolute Gasteiger partial charge is 0.242 e. The van der Waals surface area contributed by atoms with Crippen LogP contribution in [-0.4, -0.2) is 27.4 Å². The Labute approximate surface area is 200 Å². The van der Waals surface area contributed by atoms with Gasteiger partial charge >= 0.3 is 0 Å². The molecule has 5 aromatic rings. The summed E-state index contributed by atoms with van der Waals surface area (Å²) in [7, 11) is 1.86. The Morgan fingerprint density at radius 2 is 1.29 bits per heavy atom. The summed E-state index contributed by atoms with van der Waals surface area (Å²) in [5.41, 5.74) is 5.27. The molecule has 1 aromatic heterocycles. The molecule has 0 aliphatic carbocycles. The second kappa shape index (κ2) is 9.75. The molecule has 0 radical (unpaired) electrons. The Kier molecular flexibility index (Phi) is 6.21. The van der Waals surface area contributed by atoms with Gasteiger partial charge in [0.15, 0.2) is 0 Å². The van der Waals surface area contributed by atoms with Gasteiger partial charge in [-0.2, -0.15) is 0 Å². The number of fused-ring (bicyclic) bond motifs is 1. The van der Waals surface area contributed by atoms with Gasteiger partial charge < -0.3 is 9.47 Å². The molecule has 0 spiro atoms. The minimum absolute atomic E-state index is 0.0492. The lowest BCUT2D eigenvalue weighted by molar-refractivity contribution is -0.131. The van der Waals surface area contributed by atoms with E-state index in [2.05, 4.69) is 53.1 Å². The quantitative estimate of drug-likeness (QED) is 0.314.